The zero-order valence-corrected chi connectivity index (χ0v) is 64.6. The smallest absolute Gasteiger partial charge is 0.463 e. The Morgan fingerprint density at radius 1 is 0.277 bits per heavy atom. The lowest BCUT2D eigenvalue weighted by atomic mass is 10.0. The summed E-state index contributed by atoms with van der Waals surface area (Å²) >= 11 is 0. The lowest BCUT2D eigenvalue weighted by Gasteiger charge is -2.21. The Kier molecular flexibility index (Phi) is 71.3. The van der Waals surface area contributed by atoms with Crippen LogP contribution in [0, 0.1) is 0 Å². The van der Waals surface area contributed by atoms with Crippen LogP contribution in [-0.4, -0.2) is 95.9 Å². The van der Waals surface area contributed by atoms with Gasteiger partial charge in [-0.1, -0.05) is 288 Å². The average Bonchev–Trinajstić information content (AvgIpc) is 1.14. The van der Waals surface area contributed by atoms with Crippen LogP contribution in [0.1, 0.15) is 290 Å². The Morgan fingerprint density at radius 2 is 0.495 bits per heavy atom. The fraction of sp³-hybridized carbons (Fsp3) is 0.651. The number of hydrogen-bond acceptors (Lipinski definition) is 14. The maximum atomic E-state index is 13.0. The van der Waals surface area contributed by atoms with E-state index in [9.17, 15) is 43.5 Å². The number of aliphatic hydroxyl groups is 2. The van der Waals surface area contributed by atoms with Gasteiger partial charge in [-0.2, -0.15) is 0 Å². The van der Waals surface area contributed by atoms with E-state index in [4.69, 9.17) is 32.3 Å². The third kappa shape index (κ3) is 76.1. The zero-order valence-electron chi connectivity index (χ0n) is 62.8. The van der Waals surface area contributed by atoms with Crippen LogP contribution in [0.25, 0.3) is 0 Å². The summed E-state index contributed by atoms with van der Waals surface area (Å²) < 4.78 is 61.1. The van der Waals surface area contributed by atoms with Crippen LogP contribution in [-0.2, 0) is 55.8 Å². The zero-order chi connectivity index (χ0) is 73.7. The highest BCUT2D eigenvalue weighted by atomic mass is 31.2. The minimum Gasteiger partial charge on any atom is -0.463 e. The molecule has 0 heterocycles. The van der Waals surface area contributed by atoms with Gasteiger partial charge in [-0.25, -0.2) is 9.13 Å². The number of carbonyl (C=O) groups excluding carboxylic acids is 3. The number of rotatable bonds is 72. The van der Waals surface area contributed by atoms with Crippen LogP contribution in [0.5, 0.6) is 0 Å². The number of unbranched alkanes of at least 4 members (excludes halogenated alkanes) is 23. The molecule has 16 nitrogen and oxygen atoms in total. The first-order valence-corrected chi connectivity index (χ1v) is 41.8. The molecule has 5 unspecified atom stereocenters. The van der Waals surface area contributed by atoms with Crippen molar-refractivity contribution in [2.75, 3.05) is 39.6 Å². The summed E-state index contributed by atoms with van der Waals surface area (Å²) in [6.45, 7) is 2.29. The fourth-order valence-corrected chi connectivity index (χ4v) is 11.5. The SMILES string of the molecule is CC/C=C\C/C=C\C/C=C\C/C=C\C/C=C\CCCCCCCCCCCCCCCC(=O)OCC(O)COP(=O)(O)OCC(O)COP(=O)(O)OCC(COC(=O)CCCCCCC/C=C\C/C=C\C/C=C\C/C=C\C/C=C\CC)OC(=O)CCCCCCC/C=C\C/C=C\C/C=C\CC. The summed E-state index contributed by atoms with van der Waals surface area (Å²) in [4.78, 5) is 58.6. The molecule has 0 aromatic carbocycles. The van der Waals surface area contributed by atoms with Gasteiger partial charge in [0.2, 0.25) is 0 Å². The first-order chi connectivity index (χ1) is 49.2. The molecule has 0 aromatic rings. The van der Waals surface area contributed by atoms with E-state index in [1.54, 1.807) is 0 Å². The molecule has 0 aliphatic heterocycles. The summed E-state index contributed by atoms with van der Waals surface area (Å²) in [6, 6.07) is 0. The third-order valence-corrected chi connectivity index (χ3v) is 17.6. The standard InChI is InChI=1S/C83H138O16P2/c1-4-7-10-13-16-19-22-25-28-30-32-34-35-36-37-38-39-40-41-43-45-46-49-51-54-57-60-63-66-69-81(86)93-72-78(84)73-95-100(89,90)96-74-79(85)75-97-101(91,92)98-77-80(99-83(88)71-68-65-62-59-56-53-48-27-24-21-18-15-12-9-6-3)76-94-82(87)70-67-64-61-58-55-52-50-47-44-42-33-31-29-26-23-20-17-14-11-8-5-2/h7-12,16-21,25-29,32-34,36-37,42,47-48,50,78-80,84-85H,4-6,13-15,22-24,30-31,35,38-41,43-46,49,51-77H2,1-3H3,(H,89,90)(H,91,92)/b10-7-,11-8-,12-9-,19-16-,20-17-,21-18-,28-25-,29-26-,34-32-,37-36-,42-33-,48-27-,50-47-. The van der Waals surface area contributed by atoms with Crippen molar-refractivity contribution in [3.8, 4) is 0 Å². The second kappa shape index (κ2) is 74.9. The van der Waals surface area contributed by atoms with E-state index in [1.807, 2.05) is 0 Å². The van der Waals surface area contributed by atoms with Crippen molar-refractivity contribution < 1.29 is 75.8 Å². The van der Waals surface area contributed by atoms with Crippen molar-refractivity contribution in [3.05, 3.63) is 158 Å². The first-order valence-electron chi connectivity index (χ1n) is 38.8. The monoisotopic (exact) mass is 1450 g/mol. The molecule has 4 N–H and O–H groups in total. The van der Waals surface area contributed by atoms with Gasteiger partial charge in [-0.05, 0) is 141 Å². The largest absolute Gasteiger partial charge is 0.472 e. The van der Waals surface area contributed by atoms with Crippen molar-refractivity contribution in [1.82, 2.24) is 0 Å². The number of ether oxygens (including phenoxy) is 3. The molecule has 0 fully saturated rings. The lowest BCUT2D eigenvalue weighted by molar-refractivity contribution is -0.161. The van der Waals surface area contributed by atoms with Crippen LogP contribution in [0.4, 0.5) is 0 Å². The number of carbonyl (C=O) groups is 3. The maximum Gasteiger partial charge on any atom is 0.472 e. The molecular weight excluding hydrogens is 1310 g/mol. The third-order valence-electron chi connectivity index (χ3n) is 15.7. The minimum absolute atomic E-state index is 0.0757. The van der Waals surface area contributed by atoms with Gasteiger partial charge in [0, 0.05) is 19.3 Å². The molecule has 0 radical (unpaired) electrons. The lowest BCUT2D eigenvalue weighted by Crippen LogP contribution is -2.30. The highest BCUT2D eigenvalue weighted by Gasteiger charge is 2.29. The molecule has 0 rings (SSSR count). The second-order valence-electron chi connectivity index (χ2n) is 25.4. The van der Waals surface area contributed by atoms with E-state index in [2.05, 4.69) is 179 Å². The molecule has 0 bridgehead atoms. The van der Waals surface area contributed by atoms with Gasteiger partial charge >= 0.3 is 33.6 Å². The number of esters is 3. The molecule has 0 saturated carbocycles. The van der Waals surface area contributed by atoms with Crippen molar-refractivity contribution in [3.63, 3.8) is 0 Å². The number of aliphatic hydroxyl groups excluding tert-OH is 2. The Morgan fingerprint density at radius 3 is 0.782 bits per heavy atom. The van der Waals surface area contributed by atoms with Gasteiger partial charge in [-0.15, -0.1) is 0 Å². The number of phosphoric acid groups is 2. The fourth-order valence-electron chi connectivity index (χ4n) is 9.93. The first kappa shape index (κ1) is 96.2. The Bertz CT molecular complexity index is 2470. The van der Waals surface area contributed by atoms with Gasteiger partial charge in [0.25, 0.3) is 0 Å². The van der Waals surface area contributed by atoms with E-state index < -0.39 is 91.5 Å². The average molecular weight is 1450 g/mol. The summed E-state index contributed by atoms with van der Waals surface area (Å²) in [6.07, 6.45) is 92.9. The second-order valence-corrected chi connectivity index (χ2v) is 28.3. The van der Waals surface area contributed by atoms with Gasteiger partial charge in [-0.3, -0.25) is 32.5 Å². The van der Waals surface area contributed by atoms with Crippen LogP contribution in [0.3, 0.4) is 0 Å². The molecule has 0 saturated heterocycles. The Labute approximate surface area is 612 Å². The van der Waals surface area contributed by atoms with E-state index in [0.29, 0.717) is 19.3 Å². The molecule has 0 amide bonds. The summed E-state index contributed by atoms with van der Waals surface area (Å²) in [7, 11) is -9.81. The highest BCUT2D eigenvalue weighted by Crippen LogP contribution is 2.45. The predicted molar refractivity (Wildman–Crippen MR) is 417 cm³/mol. The predicted octanol–water partition coefficient (Wildman–Crippen LogP) is 22.6. The van der Waals surface area contributed by atoms with Crippen LogP contribution < -0.4 is 0 Å². The summed E-state index contributed by atoms with van der Waals surface area (Å²) in [5.41, 5.74) is 0. The van der Waals surface area contributed by atoms with Gasteiger partial charge in [0.1, 0.15) is 25.4 Å². The van der Waals surface area contributed by atoms with Gasteiger partial charge < -0.3 is 34.2 Å². The van der Waals surface area contributed by atoms with Crippen LogP contribution >= 0.6 is 15.6 Å². The molecule has 18 heteroatoms. The number of hydrogen-bond donors (Lipinski definition) is 4. The summed E-state index contributed by atoms with van der Waals surface area (Å²) in [5.74, 6) is -1.62. The van der Waals surface area contributed by atoms with Crippen molar-refractivity contribution in [2.24, 2.45) is 0 Å². The molecule has 5 atom stereocenters. The molecule has 0 aliphatic rings. The maximum absolute atomic E-state index is 13.0. The highest BCUT2D eigenvalue weighted by molar-refractivity contribution is 7.47. The topological polar surface area (TPSA) is 231 Å². The summed E-state index contributed by atoms with van der Waals surface area (Å²) in [5, 5.41) is 20.6. The van der Waals surface area contributed by atoms with Gasteiger partial charge in [0.15, 0.2) is 6.10 Å². The number of phosphoric ester groups is 2. The van der Waals surface area contributed by atoms with Crippen molar-refractivity contribution >= 4 is 33.6 Å². The minimum atomic E-state index is -4.94. The van der Waals surface area contributed by atoms with E-state index in [1.165, 1.54) is 57.8 Å². The van der Waals surface area contributed by atoms with Crippen LogP contribution in [0.15, 0.2) is 158 Å². The molecule has 0 aromatic heterocycles. The quantitative estimate of drug-likeness (QED) is 0.0146. The molecule has 576 valence electrons. The Balaban J connectivity index is 4.56. The molecule has 101 heavy (non-hydrogen) atoms. The van der Waals surface area contributed by atoms with Crippen LogP contribution in [0.2, 0.25) is 0 Å². The molecular formula is C83H138O16P2. The van der Waals surface area contributed by atoms with Gasteiger partial charge in [0.05, 0.1) is 26.4 Å². The number of allylic oxidation sites excluding steroid dienone is 26. The van der Waals surface area contributed by atoms with Crippen molar-refractivity contribution in [2.45, 2.75) is 309 Å². The Hall–Kier alpha value is -4.83. The molecule has 0 spiro atoms. The van der Waals surface area contributed by atoms with E-state index in [-0.39, 0.29) is 19.3 Å². The van der Waals surface area contributed by atoms with E-state index in [0.717, 1.165) is 173 Å². The van der Waals surface area contributed by atoms with Crippen molar-refractivity contribution in [1.29, 1.82) is 0 Å². The normalized spacial score (nSPS) is 14.9. The van der Waals surface area contributed by atoms with E-state index >= 15 is 0 Å². The molecule has 0 aliphatic carbocycles.